The SMILES string of the molecule is COC(=O)C(C)CN(C)C(=O)c1ccc(C)c(Cl)c1. The van der Waals surface area contributed by atoms with Crippen molar-refractivity contribution < 1.29 is 14.3 Å². The lowest BCUT2D eigenvalue weighted by atomic mass is 10.1. The van der Waals surface area contributed by atoms with Gasteiger partial charge in [0.05, 0.1) is 13.0 Å². The first-order valence-corrected chi connectivity index (χ1v) is 6.34. The summed E-state index contributed by atoms with van der Waals surface area (Å²) in [6.45, 7) is 3.90. The Kier molecular flexibility index (Phi) is 5.36. The predicted molar refractivity (Wildman–Crippen MR) is 74.3 cm³/mol. The summed E-state index contributed by atoms with van der Waals surface area (Å²) in [5.41, 5.74) is 1.43. The molecule has 1 aromatic carbocycles. The van der Waals surface area contributed by atoms with Crippen LogP contribution in [0, 0.1) is 12.8 Å². The van der Waals surface area contributed by atoms with E-state index in [0.717, 1.165) is 5.56 Å². The van der Waals surface area contributed by atoms with Crippen molar-refractivity contribution in [3.05, 3.63) is 34.3 Å². The Hall–Kier alpha value is -1.55. The van der Waals surface area contributed by atoms with Gasteiger partial charge in [0.1, 0.15) is 0 Å². The number of hydrogen-bond donors (Lipinski definition) is 0. The highest BCUT2D eigenvalue weighted by Crippen LogP contribution is 2.18. The lowest BCUT2D eigenvalue weighted by molar-refractivity contribution is -0.145. The predicted octanol–water partition coefficient (Wildman–Crippen LogP) is 2.53. The molecule has 4 nitrogen and oxygen atoms in total. The molecule has 0 saturated heterocycles. The maximum Gasteiger partial charge on any atom is 0.310 e. The van der Waals surface area contributed by atoms with Crippen molar-refractivity contribution in [2.45, 2.75) is 13.8 Å². The number of hydrogen-bond acceptors (Lipinski definition) is 3. The molecule has 104 valence electrons. The van der Waals surface area contributed by atoms with Gasteiger partial charge in [-0.1, -0.05) is 24.6 Å². The van der Waals surface area contributed by atoms with Crippen LogP contribution in [0.3, 0.4) is 0 Å². The van der Waals surface area contributed by atoms with Gasteiger partial charge in [0.25, 0.3) is 5.91 Å². The standard InChI is InChI=1S/C14H18ClNO3/c1-9-5-6-11(7-12(9)15)13(17)16(3)8-10(2)14(18)19-4/h5-7,10H,8H2,1-4H3. The topological polar surface area (TPSA) is 46.6 Å². The fraction of sp³-hybridized carbons (Fsp3) is 0.429. The third-order valence-electron chi connectivity index (χ3n) is 2.92. The van der Waals surface area contributed by atoms with Gasteiger partial charge in [-0.2, -0.15) is 0 Å². The monoisotopic (exact) mass is 283 g/mol. The van der Waals surface area contributed by atoms with E-state index in [1.54, 1.807) is 32.2 Å². The third kappa shape index (κ3) is 3.96. The molecule has 1 aromatic rings. The lowest BCUT2D eigenvalue weighted by Gasteiger charge is -2.20. The number of nitrogens with zero attached hydrogens (tertiary/aromatic N) is 1. The summed E-state index contributed by atoms with van der Waals surface area (Å²) in [6.07, 6.45) is 0. The van der Waals surface area contributed by atoms with E-state index >= 15 is 0 Å². The molecule has 5 heteroatoms. The van der Waals surface area contributed by atoms with Gasteiger partial charge in [0.2, 0.25) is 0 Å². The van der Waals surface area contributed by atoms with Crippen molar-refractivity contribution in [3.8, 4) is 0 Å². The van der Waals surface area contributed by atoms with E-state index in [-0.39, 0.29) is 17.8 Å². The smallest absolute Gasteiger partial charge is 0.310 e. The second-order valence-electron chi connectivity index (χ2n) is 4.57. The number of halogens is 1. The molecule has 0 bridgehead atoms. The zero-order valence-electron chi connectivity index (χ0n) is 11.6. The summed E-state index contributed by atoms with van der Waals surface area (Å²) in [7, 11) is 2.98. The van der Waals surface area contributed by atoms with E-state index in [1.807, 2.05) is 6.92 Å². The minimum Gasteiger partial charge on any atom is -0.469 e. The summed E-state index contributed by atoms with van der Waals surface area (Å²) in [6, 6.07) is 5.16. The van der Waals surface area contributed by atoms with Crippen LogP contribution in [0.4, 0.5) is 0 Å². The number of carbonyl (C=O) groups is 2. The molecule has 0 spiro atoms. The average molecular weight is 284 g/mol. The number of amides is 1. The molecule has 0 heterocycles. The van der Waals surface area contributed by atoms with Gasteiger partial charge in [-0.25, -0.2) is 0 Å². The molecular formula is C14H18ClNO3. The minimum absolute atomic E-state index is 0.169. The molecule has 1 unspecified atom stereocenters. The number of carbonyl (C=O) groups excluding carboxylic acids is 2. The quantitative estimate of drug-likeness (QED) is 0.798. The van der Waals surface area contributed by atoms with Gasteiger partial charge in [0.15, 0.2) is 0 Å². The van der Waals surface area contributed by atoms with E-state index in [4.69, 9.17) is 11.6 Å². The second kappa shape index (κ2) is 6.57. The number of esters is 1. The Labute approximate surface area is 118 Å². The highest BCUT2D eigenvalue weighted by atomic mass is 35.5. The van der Waals surface area contributed by atoms with Gasteiger partial charge < -0.3 is 9.64 Å². The average Bonchev–Trinajstić information content (AvgIpc) is 2.39. The molecule has 19 heavy (non-hydrogen) atoms. The number of rotatable bonds is 4. The molecule has 0 saturated carbocycles. The van der Waals surface area contributed by atoms with E-state index in [0.29, 0.717) is 17.1 Å². The van der Waals surface area contributed by atoms with Crippen LogP contribution in [-0.2, 0) is 9.53 Å². The summed E-state index contributed by atoms with van der Waals surface area (Å²) in [5, 5.41) is 0.556. The van der Waals surface area contributed by atoms with E-state index in [9.17, 15) is 9.59 Å². The van der Waals surface area contributed by atoms with Crippen molar-refractivity contribution in [2.24, 2.45) is 5.92 Å². The fourth-order valence-electron chi connectivity index (χ4n) is 1.72. The first kappa shape index (κ1) is 15.5. The number of aryl methyl sites for hydroxylation is 1. The summed E-state index contributed by atoms with van der Waals surface area (Å²) in [4.78, 5) is 25.0. The van der Waals surface area contributed by atoms with Crippen LogP contribution in [0.5, 0.6) is 0 Å². The first-order valence-electron chi connectivity index (χ1n) is 5.96. The Morgan fingerprint density at radius 2 is 2.05 bits per heavy atom. The van der Waals surface area contributed by atoms with Crippen LogP contribution >= 0.6 is 11.6 Å². The molecule has 0 fully saturated rings. The molecule has 0 radical (unpaired) electrons. The van der Waals surface area contributed by atoms with Gasteiger partial charge in [-0.05, 0) is 24.6 Å². The van der Waals surface area contributed by atoms with Gasteiger partial charge in [-0.3, -0.25) is 9.59 Å². The van der Waals surface area contributed by atoms with Crippen molar-refractivity contribution in [2.75, 3.05) is 20.7 Å². The Morgan fingerprint density at radius 1 is 1.42 bits per heavy atom. The molecule has 0 aromatic heterocycles. The molecular weight excluding hydrogens is 266 g/mol. The number of methoxy groups -OCH3 is 1. The van der Waals surface area contributed by atoms with Crippen LogP contribution in [0.2, 0.25) is 5.02 Å². The maximum atomic E-state index is 12.2. The summed E-state index contributed by atoms with van der Waals surface area (Å²) >= 11 is 6.00. The largest absolute Gasteiger partial charge is 0.469 e. The summed E-state index contributed by atoms with van der Waals surface area (Å²) < 4.78 is 4.64. The van der Waals surface area contributed by atoms with Crippen LogP contribution in [0.25, 0.3) is 0 Å². The zero-order valence-corrected chi connectivity index (χ0v) is 12.3. The minimum atomic E-state index is -0.361. The molecule has 0 aliphatic heterocycles. The van der Waals surface area contributed by atoms with E-state index < -0.39 is 0 Å². The highest BCUT2D eigenvalue weighted by Gasteiger charge is 2.19. The fourth-order valence-corrected chi connectivity index (χ4v) is 1.90. The van der Waals surface area contributed by atoms with E-state index in [1.165, 1.54) is 12.0 Å². The normalized spacial score (nSPS) is 11.8. The lowest BCUT2D eigenvalue weighted by Crippen LogP contribution is -2.34. The molecule has 1 atom stereocenters. The second-order valence-corrected chi connectivity index (χ2v) is 4.98. The Balaban J connectivity index is 2.76. The molecule has 0 aliphatic rings. The molecule has 1 amide bonds. The summed E-state index contributed by atoms with van der Waals surface area (Å²) in [5.74, 6) is -0.862. The van der Waals surface area contributed by atoms with Crippen LogP contribution in [-0.4, -0.2) is 37.5 Å². The third-order valence-corrected chi connectivity index (χ3v) is 3.32. The van der Waals surface area contributed by atoms with Gasteiger partial charge in [0, 0.05) is 24.2 Å². The Bertz CT molecular complexity index is 488. The van der Waals surface area contributed by atoms with Crippen molar-refractivity contribution in [3.63, 3.8) is 0 Å². The zero-order chi connectivity index (χ0) is 14.6. The van der Waals surface area contributed by atoms with Crippen LogP contribution < -0.4 is 0 Å². The van der Waals surface area contributed by atoms with Gasteiger partial charge in [-0.15, -0.1) is 0 Å². The van der Waals surface area contributed by atoms with Crippen molar-refractivity contribution in [1.82, 2.24) is 4.90 Å². The van der Waals surface area contributed by atoms with E-state index in [2.05, 4.69) is 4.74 Å². The van der Waals surface area contributed by atoms with Crippen LogP contribution in [0.1, 0.15) is 22.8 Å². The number of benzene rings is 1. The van der Waals surface area contributed by atoms with Crippen molar-refractivity contribution >= 4 is 23.5 Å². The molecule has 0 N–H and O–H groups in total. The molecule has 1 rings (SSSR count). The maximum absolute atomic E-state index is 12.2. The van der Waals surface area contributed by atoms with Crippen LogP contribution in [0.15, 0.2) is 18.2 Å². The molecule has 0 aliphatic carbocycles. The van der Waals surface area contributed by atoms with Crippen molar-refractivity contribution in [1.29, 1.82) is 0 Å². The number of ether oxygens (including phenoxy) is 1. The van der Waals surface area contributed by atoms with Gasteiger partial charge >= 0.3 is 5.97 Å². The highest BCUT2D eigenvalue weighted by molar-refractivity contribution is 6.31. The Morgan fingerprint density at radius 3 is 2.58 bits per heavy atom. The first-order chi connectivity index (χ1) is 8.86.